The standard InChI is InChI=1S/C31H42N4O6/c1-6-35-16-18-41-27-14-10-8-12-23(27)29(37)33-25(20-28(36)32-24(31(35)39)19-21(2)3)30(38)34(5)15-17-40-26-13-9-7-11-22(26)4/h7-14,21,24-25H,6,15-20H2,1-5H3,(H,32,36)(H,33,37)/t24-,25-/m0/s1. The third-order valence-corrected chi connectivity index (χ3v) is 6.93. The molecule has 0 radical (unpaired) electrons. The maximum Gasteiger partial charge on any atom is 0.255 e. The van der Waals surface area contributed by atoms with Crippen LogP contribution in [-0.2, 0) is 14.4 Å². The highest BCUT2D eigenvalue weighted by molar-refractivity contribution is 6.01. The molecule has 1 aliphatic heterocycles. The van der Waals surface area contributed by atoms with Gasteiger partial charge in [0.2, 0.25) is 17.7 Å². The third-order valence-electron chi connectivity index (χ3n) is 6.93. The summed E-state index contributed by atoms with van der Waals surface area (Å²) < 4.78 is 11.8. The molecule has 10 nitrogen and oxygen atoms in total. The number of hydrogen-bond donors (Lipinski definition) is 2. The summed E-state index contributed by atoms with van der Waals surface area (Å²) in [5.74, 6) is -0.491. The van der Waals surface area contributed by atoms with E-state index in [-0.39, 0.29) is 43.6 Å². The number of amides is 4. The topological polar surface area (TPSA) is 117 Å². The Kier molecular flexibility index (Phi) is 11.6. The largest absolute Gasteiger partial charge is 0.491 e. The molecule has 0 saturated carbocycles. The molecule has 2 aromatic rings. The molecule has 0 bridgehead atoms. The normalized spacial score (nSPS) is 18.5. The molecule has 0 spiro atoms. The van der Waals surface area contributed by atoms with Gasteiger partial charge in [-0.2, -0.15) is 0 Å². The monoisotopic (exact) mass is 566 g/mol. The summed E-state index contributed by atoms with van der Waals surface area (Å²) >= 11 is 0. The lowest BCUT2D eigenvalue weighted by Crippen LogP contribution is -2.54. The van der Waals surface area contributed by atoms with Gasteiger partial charge < -0.3 is 29.9 Å². The van der Waals surface area contributed by atoms with Crippen molar-refractivity contribution in [2.75, 3.05) is 39.9 Å². The van der Waals surface area contributed by atoms with Crippen LogP contribution in [0.4, 0.5) is 0 Å². The number of nitrogens with one attached hydrogen (secondary N) is 2. The van der Waals surface area contributed by atoms with Gasteiger partial charge in [-0.15, -0.1) is 0 Å². The minimum absolute atomic E-state index is 0.140. The number of ether oxygens (including phenoxy) is 2. The molecule has 0 aliphatic carbocycles. The van der Waals surface area contributed by atoms with Gasteiger partial charge in [-0.05, 0) is 49.9 Å². The highest BCUT2D eigenvalue weighted by atomic mass is 16.5. The first-order chi connectivity index (χ1) is 19.6. The predicted octanol–water partition coefficient (Wildman–Crippen LogP) is 2.79. The van der Waals surface area contributed by atoms with E-state index in [0.29, 0.717) is 25.3 Å². The smallest absolute Gasteiger partial charge is 0.255 e. The molecular formula is C31H42N4O6. The molecule has 0 unspecified atom stereocenters. The highest BCUT2D eigenvalue weighted by Gasteiger charge is 2.31. The van der Waals surface area contributed by atoms with Gasteiger partial charge in [-0.25, -0.2) is 0 Å². The van der Waals surface area contributed by atoms with Crippen LogP contribution in [-0.4, -0.2) is 85.4 Å². The fourth-order valence-corrected chi connectivity index (χ4v) is 4.65. The Morgan fingerprint density at radius 2 is 1.80 bits per heavy atom. The van der Waals surface area contributed by atoms with Gasteiger partial charge in [0.25, 0.3) is 5.91 Å². The number of likely N-dealkylation sites (N-methyl/N-ethyl adjacent to an activating group) is 2. The lowest BCUT2D eigenvalue weighted by molar-refractivity contribution is -0.138. The minimum atomic E-state index is -1.17. The average molecular weight is 567 g/mol. The van der Waals surface area contributed by atoms with Gasteiger partial charge in [0.15, 0.2) is 0 Å². The molecule has 222 valence electrons. The molecule has 2 aromatic carbocycles. The van der Waals surface area contributed by atoms with Gasteiger partial charge in [-0.1, -0.05) is 44.2 Å². The summed E-state index contributed by atoms with van der Waals surface area (Å²) in [6.45, 7) is 9.12. The number of nitrogens with zero attached hydrogens (tertiary/aromatic N) is 2. The van der Waals surface area contributed by atoms with Gasteiger partial charge in [0.1, 0.15) is 36.8 Å². The number of carbonyl (C=O) groups excluding carboxylic acids is 4. The fourth-order valence-electron chi connectivity index (χ4n) is 4.65. The van der Waals surface area contributed by atoms with Gasteiger partial charge in [0.05, 0.1) is 25.1 Å². The molecular weight excluding hydrogens is 524 g/mol. The first kappa shape index (κ1) is 31.4. The van der Waals surface area contributed by atoms with Crippen molar-refractivity contribution in [2.24, 2.45) is 5.92 Å². The summed E-state index contributed by atoms with van der Waals surface area (Å²) in [6.07, 6.45) is 0.108. The van der Waals surface area contributed by atoms with Crippen LogP contribution in [0.1, 0.15) is 49.5 Å². The van der Waals surface area contributed by atoms with Crippen LogP contribution >= 0.6 is 0 Å². The van der Waals surface area contributed by atoms with Crippen LogP contribution < -0.4 is 20.1 Å². The second kappa shape index (κ2) is 15.1. The Labute approximate surface area is 242 Å². The van der Waals surface area contributed by atoms with Crippen LogP contribution in [0.3, 0.4) is 0 Å². The molecule has 2 atom stereocenters. The van der Waals surface area contributed by atoms with Crippen molar-refractivity contribution in [3.8, 4) is 11.5 Å². The third kappa shape index (κ3) is 8.96. The van der Waals surface area contributed by atoms with Crippen molar-refractivity contribution < 1.29 is 28.7 Å². The number of rotatable bonds is 8. The zero-order chi connectivity index (χ0) is 29.9. The second-order valence-corrected chi connectivity index (χ2v) is 10.6. The van der Waals surface area contributed by atoms with Crippen LogP contribution in [0.25, 0.3) is 0 Å². The van der Waals surface area contributed by atoms with E-state index in [1.165, 1.54) is 4.90 Å². The summed E-state index contributed by atoms with van der Waals surface area (Å²) in [6, 6.07) is 12.4. The van der Waals surface area contributed by atoms with Crippen LogP contribution in [0.15, 0.2) is 48.5 Å². The molecule has 1 heterocycles. The van der Waals surface area contributed by atoms with E-state index < -0.39 is 29.8 Å². The van der Waals surface area contributed by atoms with Crippen LogP contribution in [0.2, 0.25) is 0 Å². The lowest BCUT2D eigenvalue weighted by atomic mass is 10.0. The van der Waals surface area contributed by atoms with Crippen molar-refractivity contribution in [2.45, 2.75) is 52.6 Å². The van der Waals surface area contributed by atoms with Gasteiger partial charge in [0, 0.05) is 13.6 Å². The van der Waals surface area contributed by atoms with Crippen molar-refractivity contribution in [1.82, 2.24) is 20.4 Å². The van der Waals surface area contributed by atoms with Crippen molar-refractivity contribution in [3.05, 3.63) is 59.7 Å². The van der Waals surface area contributed by atoms with Crippen molar-refractivity contribution in [1.29, 1.82) is 0 Å². The Morgan fingerprint density at radius 1 is 1.10 bits per heavy atom. The molecule has 41 heavy (non-hydrogen) atoms. The number of hydrogen-bond acceptors (Lipinski definition) is 6. The number of para-hydroxylation sites is 2. The van der Waals surface area contributed by atoms with Crippen molar-refractivity contribution in [3.63, 3.8) is 0 Å². The van der Waals surface area contributed by atoms with E-state index in [4.69, 9.17) is 9.47 Å². The predicted molar refractivity (Wildman–Crippen MR) is 156 cm³/mol. The molecule has 3 rings (SSSR count). The number of carbonyl (C=O) groups is 4. The first-order valence-electron chi connectivity index (χ1n) is 14.1. The van der Waals surface area contributed by atoms with E-state index in [9.17, 15) is 19.2 Å². The number of aryl methyl sites for hydroxylation is 1. The Hall–Kier alpha value is -4.08. The van der Waals surface area contributed by atoms with E-state index in [2.05, 4.69) is 10.6 Å². The molecule has 2 N–H and O–H groups in total. The minimum Gasteiger partial charge on any atom is -0.491 e. The summed E-state index contributed by atoms with van der Waals surface area (Å²) in [5, 5.41) is 5.56. The Morgan fingerprint density at radius 3 is 2.51 bits per heavy atom. The molecule has 0 saturated heterocycles. The maximum absolute atomic E-state index is 13.5. The number of fused-ring (bicyclic) bond motifs is 1. The first-order valence-corrected chi connectivity index (χ1v) is 14.1. The van der Waals surface area contributed by atoms with E-state index in [1.807, 2.05) is 52.0 Å². The quantitative estimate of drug-likeness (QED) is 0.508. The molecule has 0 aromatic heterocycles. The summed E-state index contributed by atoms with van der Waals surface area (Å²) in [5.41, 5.74) is 1.21. The highest BCUT2D eigenvalue weighted by Crippen LogP contribution is 2.20. The van der Waals surface area contributed by atoms with E-state index in [0.717, 1.165) is 11.3 Å². The second-order valence-electron chi connectivity index (χ2n) is 10.6. The number of benzene rings is 2. The molecule has 4 amide bonds. The maximum atomic E-state index is 13.5. The molecule has 0 fully saturated rings. The lowest BCUT2D eigenvalue weighted by Gasteiger charge is -2.29. The molecule has 1 aliphatic rings. The fraction of sp³-hybridized carbons (Fsp3) is 0.484. The Balaban J connectivity index is 1.84. The zero-order valence-electron chi connectivity index (χ0n) is 24.6. The van der Waals surface area contributed by atoms with E-state index in [1.54, 1.807) is 36.2 Å². The average Bonchev–Trinajstić information content (AvgIpc) is 2.94. The Bertz CT molecular complexity index is 1220. The van der Waals surface area contributed by atoms with E-state index >= 15 is 0 Å². The summed E-state index contributed by atoms with van der Waals surface area (Å²) in [4.78, 5) is 56.6. The van der Waals surface area contributed by atoms with Crippen LogP contribution in [0, 0.1) is 12.8 Å². The van der Waals surface area contributed by atoms with Gasteiger partial charge >= 0.3 is 0 Å². The molecule has 10 heteroatoms. The van der Waals surface area contributed by atoms with Gasteiger partial charge in [-0.3, -0.25) is 19.2 Å². The van der Waals surface area contributed by atoms with Crippen molar-refractivity contribution >= 4 is 23.6 Å². The summed E-state index contributed by atoms with van der Waals surface area (Å²) in [7, 11) is 1.60. The zero-order valence-corrected chi connectivity index (χ0v) is 24.6. The van der Waals surface area contributed by atoms with Crippen LogP contribution in [0.5, 0.6) is 11.5 Å². The SMILES string of the molecule is CCN1CCOc2ccccc2C(=O)N[C@H](C(=O)N(C)CCOc2ccccc2C)CC(=O)N[C@@H](CC(C)C)C1=O.